The first-order chi connectivity index (χ1) is 9.99. The molecule has 21 heavy (non-hydrogen) atoms. The van der Waals surface area contributed by atoms with Crippen molar-refractivity contribution in [3.63, 3.8) is 0 Å². The summed E-state index contributed by atoms with van der Waals surface area (Å²) in [6.45, 7) is 12.4. The van der Waals surface area contributed by atoms with E-state index in [1.54, 1.807) is 0 Å². The van der Waals surface area contributed by atoms with Crippen molar-refractivity contribution in [2.24, 2.45) is 11.8 Å². The molecule has 1 aliphatic heterocycles. The average Bonchev–Trinajstić information content (AvgIpc) is 3.04. The number of likely N-dealkylation sites (tertiary alicyclic amines) is 1. The van der Waals surface area contributed by atoms with Crippen molar-refractivity contribution in [2.75, 3.05) is 13.1 Å². The molecular formula is C18H32N2Si. The van der Waals surface area contributed by atoms with Gasteiger partial charge in [-0.2, -0.15) is 0 Å². The fraction of sp³-hybridized carbons (Fsp3) is 0.778. The highest BCUT2D eigenvalue weighted by Crippen LogP contribution is 2.50. The third kappa shape index (κ3) is 3.06. The van der Waals surface area contributed by atoms with E-state index in [2.05, 4.69) is 61.1 Å². The summed E-state index contributed by atoms with van der Waals surface area (Å²) in [6.07, 6.45) is 13.8. The Balaban J connectivity index is 1.81. The quantitative estimate of drug-likeness (QED) is 0.795. The Morgan fingerprint density at radius 2 is 1.67 bits per heavy atom. The summed E-state index contributed by atoms with van der Waals surface area (Å²) < 4.78 is 0. The summed E-state index contributed by atoms with van der Waals surface area (Å²) in [5.74, 6) is 1.53. The molecule has 3 rings (SSSR count). The SMILES string of the molecule is CC(C)N[Si](C)(C)C1CC(N2CCCC2)C2C=CC=CC21. The summed E-state index contributed by atoms with van der Waals surface area (Å²) in [5, 5.41) is 0. The number of rotatable bonds is 4. The molecular weight excluding hydrogens is 272 g/mol. The fourth-order valence-corrected chi connectivity index (χ4v) is 8.92. The Morgan fingerprint density at radius 1 is 1.05 bits per heavy atom. The van der Waals surface area contributed by atoms with E-state index in [1.807, 2.05) is 0 Å². The smallest absolute Gasteiger partial charge is 0.123 e. The van der Waals surface area contributed by atoms with E-state index in [0.717, 1.165) is 23.4 Å². The first-order valence-electron chi connectivity index (χ1n) is 8.86. The van der Waals surface area contributed by atoms with Crippen molar-refractivity contribution < 1.29 is 0 Å². The maximum Gasteiger partial charge on any atom is 0.123 e. The van der Waals surface area contributed by atoms with Crippen LogP contribution in [-0.2, 0) is 0 Å². The monoisotopic (exact) mass is 304 g/mol. The molecule has 1 saturated carbocycles. The van der Waals surface area contributed by atoms with E-state index in [9.17, 15) is 0 Å². The van der Waals surface area contributed by atoms with Crippen molar-refractivity contribution in [2.45, 2.75) is 63.8 Å². The number of nitrogens with zero attached hydrogens (tertiary/aromatic N) is 1. The molecule has 2 nitrogen and oxygen atoms in total. The second kappa shape index (κ2) is 6.02. The molecule has 118 valence electrons. The van der Waals surface area contributed by atoms with Crippen LogP contribution >= 0.6 is 0 Å². The molecule has 0 aromatic rings. The Kier molecular flexibility index (Phi) is 4.44. The third-order valence-corrected chi connectivity index (χ3v) is 9.62. The van der Waals surface area contributed by atoms with Gasteiger partial charge in [-0.15, -0.1) is 0 Å². The second-order valence-electron chi connectivity index (χ2n) is 8.10. The highest BCUT2D eigenvalue weighted by Gasteiger charge is 2.50. The fourth-order valence-electron chi connectivity index (χ4n) is 5.10. The zero-order valence-electron chi connectivity index (χ0n) is 14.2. The highest BCUT2D eigenvalue weighted by atomic mass is 28.3. The topological polar surface area (TPSA) is 15.3 Å². The minimum absolute atomic E-state index is 0.610. The summed E-state index contributed by atoms with van der Waals surface area (Å²) in [5.41, 5.74) is 0.872. The number of hydrogen-bond acceptors (Lipinski definition) is 2. The van der Waals surface area contributed by atoms with Crippen molar-refractivity contribution in [1.82, 2.24) is 9.88 Å². The molecule has 0 amide bonds. The van der Waals surface area contributed by atoms with Gasteiger partial charge in [-0.25, -0.2) is 0 Å². The first kappa shape index (κ1) is 15.5. The van der Waals surface area contributed by atoms with Crippen molar-refractivity contribution >= 4 is 8.24 Å². The van der Waals surface area contributed by atoms with Crippen LogP contribution in [0.4, 0.5) is 0 Å². The van der Waals surface area contributed by atoms with Crippen LogP contribution in [0.25, 0.3) is 0 Å². The molecule has 3 aliphatic rings. The van der Waals surface area contributed by atoms with Gasteiger partial charge in [0.2, 0.25) is 0 Å². The highest BCUT2D eigenvalue weighted by molar-refractivity contribution is 6.76. The Hall–Kier alpha value is -0.383. The molecule has 0 radical (unpaired) electrons. The molecule has 0 bridgehead atoms. The van der Waals surface area contributed by atoms with Gasteiger partial charge >= 0.3 is 0 Å². The van der Waals surface area contributed by atoms with Gasteiger partial charge in [0.05, 0.1) is 0 Å². The Morgan fingerprint density at radius 3 is 2.29 bits per heavy atom. The lowest BCUT2D eigenvalue weighted by Gasteiger charge is -2.36. The lowest BCUT2D eigenvalue weighted by Crippen LogP contribution is -2.53. The minimum atomic E-state index is -1.40. The molecule has 1 N–H and O–H groups in total. The summed E-state index contributed by atoms with van der Waals surface area (Å²) >= 11 is 0. The van der Waals surface area contributed by atoms with Crippen LogP contribution in [0, 0.1) is 11.8 Å². The van der Waals surface area contributed by atoms with Crippen molar-refractivity contribution in [3.8, 4) is 0 Å². The number of nitrogens with one attached hydrogen (secondary N) is 1. The Bertz CT molecular complexity index is 421. The van der Waals surface area contributed by atoms with Crippen LogP contribution in [-0.4, -0.2) is 38.3 Å². The molecule has 4 atom stereocenters. The predicted molar refractivity (Wildman–Crippen MR) is 94.0 cm³/mol. The second-order valence-corrected chi connectivity index (χ2v) is 12.6. The summed E-state index contributed by atoms with van der Waals surface area (Å²) in [6, 6.07) is 1.41. The van der Waals surface area contributed by atoms with E-state index in [0.29, 0.717) is 6.04 Å². The molecule has 1 heterocycles. The molecule has 2 fully saturated rings. The van der Waals surface area contributed by atoms with Crippen LogP contribution in [0.2, 0.25) is 18.6 Å². The van der Waals surface area contributed by atoms with Gasteiger partial charge in [-0.3, -0.25) is 4.90 Å². The van der Waals surface area contributed by atoms with Crippen molar-refractivity contribution in [1.29, 1.82) is 0 Å². The van der Waals surface area contributed by atoms with E-state index >= 15 is 0 Å². The van der Waals surface area contributed by atoms with Crippen LogP contribution in [0.5, 0.6) is 0 Å². The van der Waals surface area contributed by atoms with Crippen molar-refractivity contribution in [3.05, 3.63) is 24.3 Å². The molecule has 4 unspecified atom stereocenters. The van der Waals surface area contributed by atoms with E-state index in [-0.39, 0.29) is 0 Å². The maximum absolute atomic E-state index is 3.97. The molecule has 0 aromatic heterocycles. The van der Waals surface area contributed by atoms with E-state index in [1.165, 1.54) is 32.4 Å². The van der Waals surface area contributed by atoms with Crippen LogP contribution in [0.1, 0.15) is 33.1 Å². The Labute approximate surface area is 131 Å². The van der Waals surface area contributed by atoms with Gasteiger partial charge in [0.15, 0.2) is 0 Å². The molecule has 3 heteroatoms. The lowest BCUT2D eigenvalue weighted by atomic mass is 9.89. The third-order valence-electron chi connectivity index (χ3n) is 5.82. The predicted octanol–water partition coefficient (Wildman–Crippen LogP) is 3.79. The van der Waals surface area contributed by atoms with Crippen LogP contribution in [0.15, 0.2) is 24.3 Å². The number of fused-ring (bicyclic) bond motifs is 1. The van der Waals surface area contributed by atoms with Crippen LogP contribution in [0.3, 0.4) is 0 Å². The first-order valence-corrected chi connectivity index (χ1v) is 11.9. The zero-order valence-corrected chi connectivity index (χ0v) is 15.2. The number of hydrogen-bond donors (Lipinski definition) is 1. The van der Waals surface area contributed by atoms with Gasteiger partial charge < -0.3 is 4.98 Å². The zero-order chi connectivity index (χ0) is 15.0. The largest absolute Gasteiger partial charge is 0.335 e. The van der Waals surface area contributed by atoms with Gasteiger partial charge in [0.25, 0.3) is 0 Å². The molecule has 0 aromatic carbocycles. The molecule has 1 saturated heterocycles. The summed E-state index contributed by atoms with van der Waals surface area (Å²) in [4.78, 5) is 6.76. The minimum Gasteiger partial charge on any atom is -0.335 e. The van der Waals surface area contributed by atoms with E-state index in [4.69, 9.17) is 0 Å². The van der Waals surface area contributed by atoms with Gasteiger partial charge in [0.1, 0.15) is 8.24 Å². The number of allylic oxidation sites excluding steroid dienone is 3. The van der Waals surface area contributed by atoms with Gasteiger partial charge in [-0.05, 0) is 55.8 Å². The lowest BCUT2D eigenvalue weighted by molar-refractivity contribution is 0.210. The van der Waals surface area contributed by atoms with E-state index < -0.39 is 8.24 Å². The van der Waals surface area contributed by atoms with Gasteiger partial charge in [-0.1, -0.05) is 51.2 Å². The summed E-state index contributed by atoms with van der Waals surface area (Å²) in [7, 11) is -1.40. The average molecular weight is 305 g/mol. The van der Waals surface area contributed by atoms with Crippen LogP contribution < -0.4 is 4.98 Å². The van der Waals surface area contributed by atoms with Gasteiger partial charge in [0, 0.05) is 6.04 Å². The normalized spacial score (nSPS) is 36.6. The molecule has 0 spiro atoms. The standard InChI is InChI=1S/C18H32N2Si/c1-14(2)19-21(3,4)18-13-17(20-11-7-8-12-20)15-9-5-6-10-16(15)18/h5-6,9-10,14-19H,7-8,11-13H2,1-4H3. The molecule has 2 aliphatic carbocycles. The maximum atomic E-state index is 3.97.